The summed E-state index contributed by atoms with van der Waals surface area (Å²) < 4.78 is 18.9. The topological polar surface area (TPSA) is 91.0 Å². The SMILES string of the molecule is CCOc1cccc(NC(=O)C[C@@H]2C(=O)N(CC)C(=S)N2NC(=O)c2cccc(F)c2)c1. The summed E-state index contributed by atoms with van der Waals surface area (Å²) in [5.41, 5.74) is 3.11. The number of nitrogens with one attached hydrogen (secondary N) is 2. The lowest BCUT2D eigenvalue weighted by Gasteiger charge is -2.24. The second kappa shape index (κ2) is 10.2. The third-order valence-electron chi connectivity index (χ3n) is 4.73. The smallest absolute Gasteiger partial charge is 0.269 e. The van der Waals surface area contributed by atoms with Crippen LogP contribution in [0.3, 0.4) is 0 Å². The number of carbonyl (C=O) groups excluding carboxylic acids is 3. The van der Waals surface area contributed by atoms with E-state index in [1.54, 1.807) is 31.2 Å². The van der Waals surface area contributed by atoms with Crippen LogP contribution in [0, 0.1) is 5.82 Å². The van der Waals surface area contributed by atoms with E-state index in [1.807, 2.05) is 6.92 Å². The van der Waals surface area contributed by atoms with E-state index in [9.17, 15) is 18.8 Å². The minimum atomic E-state index is -1.03. The summed E-state index contributed by atoms with van der Waals surface area (Å²) in [4.78, 5) is 39.4. The number of nitrogens with zero attached hydrogens (tertiary/aromatic N) is 2. The van der Waals surface area contributed by atoms with Crippen molar-refractivity contribution in [2.24, 2.45) is 0 Å². The number of anilines is 1. The van der Waals surface area contributed by atoms with Crippen molar-refractivity contribution in [2.75, 3.05) is 18.5 Å². The standard InChI is InChI=1S/C22H23FN4O4S/c1-3-26-21(30)18(13-19(28)24-16-9-6-10-17(12-16)31-4-2)27(22(26)32)25-20(29)14-7-5-8-15(23)11-14/h5-12,18H,3-4,13H2,1-2H3,(H,24,28)(H,25,29)/t18-/m1/s1. The van der Waals surface area contributed by atoms with Crippen molar-refractivity contribution in [3.05, 3.63) is 59.9 Å². The van der Waals surface area contributed by atoms with Gasteiger partial charge in [-0.15, -0.1) is 0 Å². The van der Waals surface area contributed by atoms with Gasteiger partial charge in [0.15, 0.2) is 5.11 Å². The van der Waals surface area contributed by atoms with Crippen LogP contribution in [-0.4, -0.2) is 51.9 Å². The van der Waals surface area contributed by atoms with Gasteiger partial charge in [0.2, 0.25) is 5.91 Å². The lowest BCUT2D eigenvalue weighted by molar-refractivity contribution is -0.130. The Morgan fingerprint density at radius 1 is 1.16 bits per heavy atom. The van der Waals surface area contributed by atoms with Crippen molar-refractivity contribution in [1.29, 1.82) is 0 Å². The zero-order valence-corrected chi connectivity index (χ0v) is 18.4. The maximum Gasteiger partial charge on any atom is 0.269 e. The van der Waals surface area contributed by atoms with Crippen LogP contribution in [0.5, 0.6) is 5.75 Å². The van der Waals surface area contributed by atoms with E-state index in [1.165, 1.54) is 28.1 Å². The first-order valence-electron chi connectivity index (χ1n) is 10.1. The quantitative estimate of drug-likeness (QED) is 0.591. The molecule has 168 valence electrons. The van der Waals surface area contributed by atoms with Crippen LogP contribution in [0.15, 0.2) is 48.5 Å². The number of thiocarbonyl (C=S) groups is 1. The van der Waals surface area contributed by atoms with Gasteiger partial charge in [0, 0.05) is 23.9 Å². The number of rotatable bonds is 8. The number of carbonyl (C=O) groups is 3. The van der Waals surface area contributed by atoms with Crippen LogP contribution in [-0.2, 0) is 9.59 Å². The largest absolute Gasteiger partial charge is 0.494 e. The molecule has 2 N–H and O–H groups in total. The van der Waals surface area contributed by atoms with E-state index in [0.29, 0.717) is 18.0 Å². The third-order valence-corrected chi connectivity index (χ3v) is 5.15. The summed E-state index contributed by atoms with van der Waals surface area (Å²) >= 11 is 5.33. The molecule has 2 aromatic carbocycles. The number of hydrogen-bond donors (Lipinski definition) is 2. The predicted molar refractivity (Wildman–Crippen MR) is 120 cm³/mol. The Morgan fingerprint density at radius 2 is 1.91 bits per heavy atom. The molecule has 1 aliphatic heterocycles. The van der Waals surface area contributed by atoms with Crippen molar-refractivity contribution < 1.29 is 23.5 Å². The molecular weight excluding hydrogens is 435 g/mol. The number of likely N-dealkylation sites (N-methyl/N-ethyl adjacent to an activating group) is 1. The first kappa shape index (κ1) is 23.1. The van der Waals surface area contributed by atoms with Crippen LogP contribution in [0.25, 0.3) is 0 Å². The Bertz CT molecular complexity index is 1050. The molecule has 1 aliphatic rings. The maximum absolute atomic E-state index is 13.5. The normalized spacial score (nSPS) is 15.7. The van der Waals surface area contributed by atoms with Crippen molar-refractivity contribution in [2.45, 2.75) is 26.3 Å². The molecule has 0 bridgehead atoms. The molecule has 1 atom stereocenters. The van der Waals surface area contributed by atoms with Gasteiger partial charge in [-0.05, 0) is 56.4 Å². The number of halogens is 1. The molecule has 0 aromatic heterocycles. The minimum Gasteiger partial charge on any atom is -0.494 e. The van der Waals surface area contributed by atoms with Crippen molar-refractivity contribution in [1.82, 2.24) is 15.3 Å². The monoisotopic (exact) mass is 458 g/mol. The van der Waals surface area contributed by atoms with Crippen molar-refractivity contribution in [3.63, 3.8) is 0 Å². The highest BCUT2D eigenvalue weighted by Gasteiger charge is 2.43. The highest BCUT2D eigenvalue weighted by Crippen LogP contribution is 2.21. The van der Waals surface area contributed by atoms with Crippen LogP contribution < -0.4 is 15.5 Å². The molecule has 3 amide bonds. The fourth-order valence-electron chi connectivity index (χ4n) is 3.26. The second-order valence-electron chi connectivity index (χ2n) is 6.92. The average molecular weight is 459 g/mol. The molecule has 1 saturated heterocycles. The Kier molecular flexibility index (Phi) is 7.37. The van der Waals surface area contributed by atoms with Gasteiger partial charge in [-0.2, -0.15) is 0 Å². The molecule has 0 saturated carbocycles. The van der Waals surface area contributed by atoms with E-state index < -0.39 is 29.6 Å². The third kappa shape index (κ3) is 5.20. The first-order chi connectivity index (χ1) is 15.3. The molecule has 10 heteroatoms. The summed E-state index contributed by atoms with van der Waals surface area (Å²) in [5.74, 6) is -1.46. The van der Waals surface area contributed by atoms with Crippen molar-refractivity contribution in [3.8, 4) is 5.75 Å². The molecule has 1 heterocycles. The molecule has 32 heavy (non-hydrogen) atoms. The molecule has 0 unspecified atom stereocenters. The van der Waals surface area contributed by atoms with Gasteiger partial charge in [0.25, 0.3) is 11.8 Å². The zero-order chi connectivity index (χ0) is 23.3. The van der Waals surface area contributed by atoms with Gasteiger partial charge >= 0.3 is 0 Å². The molecule has 3 rings (SSSR count). The number of benzene rings is 2. The Morgan fingerprint density at radius 3 is 2.59 bits per heavy atom. The number of ether oxygens (including phenoxy) is 1. The Labute approximate surface area is 190 Å². The van der Waals surface area contributed by atoms with Gasteiger partial charge in [0.1, 0.15) is 17.6 Å². The lowest BCUT2D eigenvalue weighted by Crippen LogP contribution is -2.49. The molecule has 0 aliphatic carbocycles. The van der Waals surface area contributed by atoms with E-state index in [0.717, 1.165) is 6.07 Å². The summed E-state index contributed by atoms with van der Waals surface area (Å²) in [5, 5.41) is 3.98. The highest BCUT2D eigenvalue weighted by molar-refractivity contribution is 7.80. The Balaban J connectivity index is 1.75. The molecule has 0 spiro atoms. The van der Waals surface area contributed by atoms with E-state index in [4.69, 9.17) is 17.0 Å². The summed E-state index contributed by atoms with van der Waals surface area (Å²) in [7, 11) is 0. The van der Waals surface area contributed by atoms with Gasteiger partial charge in [-0.1, -0.05) is 12.1 Å². The number of hydrazine groups is 1. The number of amides is 3. The fraction of sp³-hybridized carbons (Fsp3) is 0.273. The second-order valence-corrected chi connectivity index (χ2v) is 7.28. The van der Waals surface area contributed by atoms with Gasteiger partial charge in [-0.3, -0.25) is 24.7 Å². The zero-order valence-electron chi connectivity index (χ0n) is 17.6. The Hall–Kier alpha value is -3.53. The van der Waals surface area contributed by atoms with Gasteiger partial charge in [0.05, 0.1) is 13.0 Å². The van der Waals surface area contributed by atoms with Crippen LogP contribution in [0.2, 0.25) is 0 Å². The van der Waals surface area contributed by atoms with Crippen molar-refractivity contribution >= 4 is 40.7 Å². The van der Waals surface area contributed by atoms with E-state index >= 15 is 0 Å². The minimum absolute atomic E-state index is 0.0612. The fourth-order valence-corrected chi connectivity index (χ4v) is 3.66. The average Bonchev–Trinajstić information content (AvgIpc) is 2.97. The van der Waals surface area contributed by atoms with E-state index in [2.05, 4.69) is 10.7 Å². The summed E-state index contributed by atoms with van der Waals surface area (Å²) in [6.07, 6.45) is -0.252. The maximum atomic E-state index is 13.5. The molecule has 1 fully saturated rings. The summed E-state index contributed by atoms with van der Waals surface area (Å²) in [6, 6.07) is 11.0. The number of hydrogen-bond acceptors (Lipinski definition) is 5. The van der Waals surface area contributed by atoms with E-state index in [-0.39, 0.29) is 23.6 Å². The van der Waals surface area contributed by atoms with Crippen LogP contribution in [0.1, 0.15) is 30.6 Å². The molecule has 2 aromatic rings. The van der Waals surface area contributed by atoms with Crippen LogP contribution in [0.4, 0.5) is 10.1 Å². The lowest BCUT2D eigenvalue weighted by atomic mass is 10.1. The summed E-state index contributed by atoms with van der Waals surface area (Å²) in [6.45, 7) is 4.35. The molecule has 0 radical (unpaired) electrons. The van der Waals surface area contributed by atoms with Gasteiger partial charge < -0.3 is 10.1 Å². The van der Waals surface area contributed by atoms with Crippen LogP contribution >= 0.6 is 12.2 Å². The molecule has 8 nitrogen and oxygen atoms in total. The predicted octanol–water partition coefficient (Wildman–Crippen LogP) is 2.72. The first-order valence-corrected chi connectivity index (χ1v) is 10.5. The molecular formula is C22H23FN4O4S. The highest BCUT2D eigenvalue weighted by atomic mass is 32.1. The van der Waals surface area contributed by atoms with Gasteiger partial charge in [-0.25, -0.2) is 9.40 Å².